The predicted octanol–water partition coefficient (Wildman–Crippen LogP) is 1.10. The number of para-hydroxylation sites is 1. The van der Waals surface area contributed by atoms with E-state index in [0.717, 1.165) is 26.3 Å². The van der Waals surface area contributed by atoms with Crippen LogP contribution in [0.1, 0.15) is 26.3 Å². The van der Waals surface area contributed by atoms with Crippen molar-refractivity contribution in [2.75, 3.05) is 44.8 Å². The first-order chi connectivity index (χ1) is 12.4. The average Bonchev–Trinajstić information content (AvgIpc) is 2.61. The van der Waals surface area contributed by atoms with Crippen LogP contribution in [0.2, 0.25) is 0 Å². The summed E-state index contributed by atoms with van der Waals surface area (Å²) in [5.74, 6) is 0.542. The normalized spacial score (nSPS) is 15.5. The first kappa shape index (κ1) is 20.0. The SMILES string of the molecule is CN=C(NCC(=O)NC(C)(C)C)NCc1ccccc1N1CCOCC1. The third kappa shape index (κ3) is 6.55. The van der Waals surface area contributed by atoms with Crippen molar-refractivity contribution < 1.29 is 9.53 Å². The summed E-state index contributed by atoms with van der Waals surface area (Å²) in [5.41, 5.74) is 2.16. The molecule has 0 saturated carbocycles. The monoisotopic (exact) mass is 361 g/mol. The second kappa shape index (κ2) is 9.43. The number of amides is 1. The van der Waals surface area contributed by atoms with Gasteiger partial charge in [-0.05, 0) is 32.4 Å². The van der Waals surface area contributed by atoms with Crippen LogP contribution in [0.4, 0.5) is 5.69 Å². The zero-order chi connectivity index (χ0) is 19.0. The molecule has 0 spiro atoms. The van der Waals surface area contributed by atoms with Crippen LogP contribution in [-0.2, 0) is 16.1 Å². The Morgan fingerprint density at radius 2 is 1.88 bits per heavy atom. The molecule has 1 aliphatic rings. The number of hydrogen-bond donors (Lipinski definition) is 3. The molecule has 144 valence electrons. The van der Waals surface area contributed by atoms with Gasteiger partial charge in [-0.3, -0.25) is 9.79 Å². The van der Waals surface area contributed by atoms with E-state index in [1.54, 1.807) is 7.05 Å². The van der Waals surface area contributed by atoms with Gasteiger partial charge in [-0.1, -0.05) is 18.2 Å². The fourth-order valence-electron chi connectivity index (χ4n) is 2.80. The molecule has 1 aromatic carbocycles. The van der Waals surface area contributed by atoms with Gasteiger partial charge in [0.25, 0.3) is 0 Å². The summed E-state index contributed by atoms with van der Waals surface area (Å²) in [7, 11) is 1.70. The number of nitrogens with zero attached hydrogens (tertiary/aromatic N) is 2. The Morgan fingerprint density at radius 1 is 1.19 bits per heavy atom. The number of guanidine groups is 1. The van der Waals surface area contributed by atoms with E-state index in [1.807, 2.05) is 26.8 Å². The Labute approximate surface area is 156 Å². The average molecular weight is 361 g/mol. The summed E-state index contributed by atoms with van der Waals surface area (Å²) in [6.45, 7) is 10.0. The lowest BCUT2D eigenvalue weighted by Gasteiger charge is -2.30. The van der Waals surface area contributed by atoms with E-state index in [1.165, 1.54) is 11.3 Å². The van der Waals surface area contributed by atoms with Gasteiger partial charge in [0.05, 0.1) is 19.8 Å². The van der Waals surface area contributed by atoms with Crippen molar-refractivity contribution in [2.24, 2.45) is 4.99 Å². The number of nitrogens with one attached hydrogen (secondary N) is 3. The maximum absolute atomic E-state index is 11.9. The van der Waals surface area contributed by atoms with Gasteiger partial charge in [-0.2, -0.15) is 0 Å². The molecule has 26 heavy (non-hydrogen) atoms. The molecule has 1 aliphatic heterocycles. The standard InChI is InChI=1S/C19H31N5O2/c1-19(2,3)23-17(25)14-22-18(20-4)21-13-15-7-5-6-8-16(15)24-9-11-26-12-10-24/h5-8H,9-14H2,1-4H3,(H,23,25)(H2,20,21,22). The molecule has 0 radical (unpaired) electrons. The van der Waals surface area contributed by atoms with Crippen molar-refractivity contribution in [3.05, 3.63) is 29.8 Å². The molecule has 0 bridgehead atoms. The Bertz CT molecular complexity index is 619. The number of hydrogen-bond acceptors (Lipinski definition) is 4. The predicted molar refractivity (Wildman–Crippen MR) is 106 cm³/mol. The third-order valence-corrected chi connectivity index (χ3v) is 3.94. The minimum Gasteiger partial charge on any atom is -0.378 e. The largest absolute Gasteiger partial charge is 0.378 e. The lowest BCUT2D eigenvalue weighted by atomic mass is 10.1. The van der Waals surface area contributed by atoms with Crippen molar-refractivity contribution in [3.63, 3.8) is 0 Å². The van der Waals surface area contributed by atoms with Crippen LogP contribution < -0.4 is 20.9 Å². The van der Waals surface area contributed by atoms with Crippen molar-refractivity contribution in [1.82, 2.24) is 16.0 Å². The van der Waals surface area contributed by atoms with E-state index in [-0.39, 0.29) is 18.0 Å². The van der Waals surface area contributed by atoms with Gasteiger partial charge in [-0.25, -0.2) is 0 Å². The van der Waals surface area contributed by atoms with Crippen LogP contribution in [0.15, 0.2) is 29.3 Å². The molecular weight excluding hydrogens is 330 g/mol. The molecule has 2 rings (SSSR count). The Morgan fingerprint density at radius 3 is 2.54 bits per heavy atom. The maximum atomic E-state index is 11.9. The Hall–Kier alpha value is -2.28. The van der Waals surface area contributed by atoms with Crippen molar-refractivity contribution >= 4 is 17.6 Å². The van der Waals surface area contributed by atoms with E-state index in [4.69, 9.17) is 4.74 Å². The molecule has 0 aromatic heterocycles. The van der Waals surface area contributed by atoms with Crippen molar-refractivity contribution in [1.29, 1.82) is 0 Å². The number of morpholine rings is 1. The highest BCUT2D eigenvalue weighted by Gasteiger charge is 2.15. The van der Waals surface area contributed by atoms with Crippen molar-refractivity contribution in [2.45, 2.75) is 32.9 Å². The van der Waals surface area contributed by atoms with E-state index in [2.05, 4.69) is 44.0 Å². The van der Waals surface area contributed by atoms with Gasteiger partial charge in [0.2, 0.25) is 5.91 Å². The molecule has 7 heteroatoms. The van der Waals surface area contributed by atoms with E-state index in [0.29, 0.717) is 12.5 Å². The fraction of sp³-hybridized carbons (Fsp3) is 0.579. The zero-order valence-electron chi connectivity index (χ0n) is 16.3. The maximum Gasteiger partial charge on any atom is 0.239 e. The number of rotatable bonds is 5. The summed E-state index contributed by atoms with van der Waals surface area (Å²) in [6, 6.07) is 8.33. The van der Waals surface area contributed by atoms with Crippen molar-refractivity contribution in [3.8, 4) is 0 Å². The lowest BCUT2D eigenvalue weighted by Crippen LogP contribution is -2.48. The zero-order valence-corrected chi connectivity index (χ0v) is 16.3. The van der Waals surface area contributed by atoms with Gasteiger partial charge in [-0.15, -0.1) is 0 Å². The number of aliphatic imine (C=N–C) groups is 1. The first-order valence-corrected chi connectivity index (χ1v) is 9.05. The van der Waals surface area contributed by atoms with Crippen LogP contribution in [0.3, 0.4) is 0 Å². The molecule has 0 atom stereocenters. The number of benzene rings is 1. The molecule has 0 aliphatic carbocycles. The molecule has 1 amide bonds. The molecule has 0 unspecified atom stereocenters. The summed E-state index contributed by atoms with van der Waals surface area (Å²) >= 11 is 0. The number of anilines is 1. The van der Waals surface area contributed by atoms with Crippen LogP contribution in [-0.4, -0.2) is 57.3 Å². The highest BCUT2D eigenvalue weighted by molar-refractivity contribution is 5.86. The number of carbonyl (C=O) groups is 1. The topological polar surface area (TPSA) is 78.0 Å². The fourth-order valence-corrected chi connectivity index (χ4v) is 2.80. The second-order valence-corrected chi connectivity index (χ2v) is 7.31. The van der Waals surface area contributed by atoms with Gasteiger partial charge >= 0.3 is 0 Å². The minimum atomic E-state index is -0.243. The van der Waals surface area contributed by atoms with Gasteiger partial charge in [0.1, 0.15) is 0 Å². The first-order valence-electron chi connectivity index (χ1n) is 9.05. The minimum absolute atomic E-state index is 0.0610. The quantitative estimate of drug-likeness (QED) is 0.541. The molecule has 1 aromatic rings. The molecule has 3 N–H and O–H groups in total. The molecule has 1 heterocycles. The third-order valence-electron chi connectivity index (χ3n) is 3.94. The Kier molecular flexibility index (Phi) is 7.26. The van der Waals surface area contributed by atoms with Gasteiger partial charge < -0.3 is 25.6 Å². The second-order valence-electron chi connectivity index (χ2n) is 7.31. The highest BCUT2D eigenvalue weighted by Crippen LogP contribution is 2.21. The van der Waals surface area contributed by atoms with E-state index in [9.17, 15) is 4.79 Å². The smallest absolute Gasteiger partial charge is 0.239 e. The Balaban J connectivity index is 1.89. The molecule has 1 fully saturated rings. The van der Waals surface area contributed by atoms with E-state index >= 15 is 0 Å². The van der Waals surface area contributed by atoms with Crippen LogP contribution in [0.5, 0.6) is 0 Å². The molecule has 1 saturated heterocycles. The summed E-state index contributed by atoms with van der Waals surface area (Å²) < 4.78 is 5.44. The summed E-state index contributed by atoms with van der Waals surface area (Å²) in [5, 5.41) is 9.26. The van der Waals surface area contributed by atoms with Crippen LogP contribution >= 0.6 is 0 Å². The van der Waals surface area contributed by atoms with Crippen LogP contribution in [0.25, 0.3) is 0 Å². The summed E-state index contributed by atoms with van der Waals surface area (Å²) in [4.78, 5) is 18.5. The van der Waals surface area contributed by atoms with Crippen LogP contribution in [0, 0.1) is 0 Å². The van der Waals surface area contributed by atoms with Gasteiger partial charge in [0.15, 0.2) is 5.96 Å². The van der Waals surface area contributed by atoms with E-state index < -0.39 is 0 Å². The summed E-state index contributed by atoms with van der Waals surface area (Å²) in [6.07, 6.45) is 0. The highest BCUT2D eigenvalue weighted by atomic mass is 16.5. The van der Waals surface area contributed by atoms with Gasteiger partial charge in [0, 0.05) is 37.9 Å². The molecule has 7 nitrogen and oxygen atoms in total. The lowest BCUT2D eigenvalue weighted by molar-refractivity contribution is -0.121. The molecular formula is C19H31N5O2. The number of carbonyl (C=O) groups excluding carboxylic acids is 1. The number of ether oxygens (including phenoxy) is 1.